The fourth-order valence-corrected chi connectivity index (χ4v) is 0. The maximum Gasteiger partial charge on any atom is 2.00 e. The fraction of sp³-hybridized carbons (Fsp3) is 1.00. The molecule has 0 heterocycles. The van der Waals surface area contributed by atoms with Crippen molar-refractivity contribution >= 4 is 0 Å². The summed E-state index contributed by atoms with van der Waals surface area (Å²) in [6.07, 6.45) is 0. The largest absolute Gasteiger partial charge is 2.00 e. The van der Waals surface area contributed by atoms with Crippen LogP contribution in [0, 0.1) is 0 Å². The zero-order valence-corrected chi connectivity index (χ0v) is 9.50. The minimum atomic E-state index is 0. The topological polar surface area (TPSA) is 47.6 Å². The summed E-state index contributed by atoms with van der Waals surface area (Å²) in [7, 11) is 0. The summed E-state index contributed by atoms with van der Waals surface area (Å²) in [5, 5.41) is 0. The van der Waals surface area contributed by atoms with Crippen LogP contribution in [0.15, 0.2) is 0 Å². The molecule has 0 aromatic carbocycles. The Bertz CT molecular complexity index is 26.5. The molecule has 0 aliphatic carbocycles. The predicted octanol–water partition coefficient (Wildman–Crippen LogP) is 2.89. The van der Waals surface area contributed by atoms with Crippen LogP contribution in [0.1, 0.15) is 27.7 Å². The van der Waals surface area contributed by atoms with Gasteiger partial charge in [-0.2, -0.15) is 0 Å². The third-order valence-corrected chi connectivity index (χ3v) is 0. The van der Waals surface area contributed by atoms with Gasteiger partial charge in [0.2, 0.25) is 0 Å². The quantitative estimate of drug-likeness (QED) is 0.660. The van der Waals surface area contributed by atoms with E-state index in [0.717, 1.165) is 0 Å². The van der Waals surface area contributed by atoms with Crippen LogP contribution < -0.4 is 0 Å². The Morgan fingerprint density at radius 3 is 0.778 bits per heavy atom. The van der Waals surface area contributed by atoms with E-state index in [1.165, 1.54) is 0 Å². The van der Waals surface area contributed by atoms with E-state index >= 15 is 0 Å². The van der Waals surface area contributed by atoms with Gasteiger partial charge in [0.1, 0.15) is 0 Å². The molecule has 9 heavy (non-hydrogen) atoms. The molecule has 0 aromatic rings. The van der Waals surface area contributed by atoms with Crippen molar-refractivity contribution in [3.8, 4) is 0 Å². The molecule has 0 aliphatic rings. The van der Waals surface area contributed by atoms with Gasteiger partial charge in [-0.15, -0.1) is 12.1 Å². The second-order valence-electron chi connectivity index (χ2n) is 2.31. The van der Waals surface area contributed by atoms with Crippen LogP contribution in [0.2, 0.25) is 0 Å². The van der Waals surface area contributed by atoms with Gasteiger partial charge in [-0.05, 0) is 0 Å². The smallest absolute Gasteiger partial charge is 0.675 e. The van der Waals surface area contributed by atoms with Crippen LogP contribution in [0.4, 0.5) is 0 Å². The molecule has 0 saturated heterocycles. The average molecular weight is 300 g/mol. The molecule has 0 fully saturated rings. The molecule has 0 atom stereocenters. The first-order valence-electron chi connectivity index (χ1n) is 2.89. The van der Waals surface area contributed by atoms with Crippen molar-refractivity contribution in [2.75, 3.05) is 0 Å². The maximum atomic E-state index is 6.58. The van der Waals surface area contributed by atoms with Crippen LogP contribution in [-0.4, -0.2) is 12.1 Å². The van der Waals surface area contributed by atoms with E-state index in [9.17, 15) is 0 Å². The van der Waals surface area contributed by atoms with Crippen molar-refractivity contribution in [2.45, 2.75) is 39.8 Å². The van der Waals surface area contributed by atoms with Gasteiger partial charge in [0.05, 0.1) is 0 Å². The molecule has 0 amide bonds. The monoisotopic (exact) mass is 300 g/mol. The summed E-state index contributed by atoms with van der Waals surface area (Å²) < 4.78 is 0. The molecule has 0 radical (unpaired) electrons. The molecule has 0 rings (SSSR count). The van der Waals surface area contributed by atoms with Crippen LogP contribution in [-0.2, 0) is 21.1 Å². The second kappa shape index (κ2) is 11.4. The van der Waals surface area contributed by atoms with Crippen molar-refractivity contribution in [3.63, 3.8) is 0 Å². The van der Waals surface area contributed by atoms with Crippen molar-refractivity contribution < 1.29 is 21.1 Å². The molecule has 0 spiro atoms. The maximum absolute atomic E-state index is 6.58. The van der Waals surface area contributed by atoms with E-state index in [4.69, 9.17) is 11.5 Å². The number of rotatable bonds is 0. The molecule has 0 aromatic heterocycles. The van der Waals surface area contributed by atoms with Gasteiger partial charge in [0.25, 0.3) is 0 Å². The Morgan fingerprint density at radius 2 is 0.778 bits per heavy atom. The second-order valence-corrected chi connectivity index (χ2v) is 2.31. The van der Waals surface area contributed by atoms with E-state index in [1.807, 2.05) is 27.7 Å². The molecule has 2 N–H and O–H groups in total. The van der Waals surface area contributed by atoms with Crippen molar-refractivity contribution in [1.82, 2.24) is 0 Å². The zero-order chi connectivity index (χ0) is 7.15. The van der Waals surface area contributed by atoms with Gasteiger partial charge < -0.3 is 11.5 Å². The fourth-order valence-electron chi connectivity index (χ4n) is 0. The number of nitrogens with one attached hydrogen (secondary N) is 2. The Labute approximate surface area is 72.6 Å². The molecule has 0 saturated carbocycles. The SMILES string of the molecule is CC(C)[NH-].CC(C)[NH-].[W+2]. The van der Waals surface area contributed by atoms with Crippen LogP contribution in [0.25, 0.3) is 11.5 Å². The van der Waals surface area contributed by atoms with Gasteiger partial charge in [0, 0.05) is 0 Å². The van der Waals surface area contributed by atoms with Gasteiger partial charge >= 0.3 is 21.1 Å². The molecule has 56 valence electrons. The van der Waals surface area contributed by atoms with E-state index in [2.05, 4.69) is 0 Å². The van der Waals surface area contributed by atoms with E-state index < -0.39 is 0 Å². The van der Waals surface area contributed by atoms with Crippen LogP contribution in [0.3, 0.4) is 0 Å². The van der Waals surface area contributed by atoms with E-state index in [0.29, 0.717) is 0 Å². The summed E-state index contributed by atoms with van der Waals surface area (Å²) in [5.41, 5.74) is 13.2. The average Bonchev–Trinajstić information content (AvgIpc) is 1.25. The first kappa shape index (κ1) is 16.3. The first-order valence-corrected chi connectivity index (χ1v) is 2.89. The normalized spacial score (nSPS) is 8.00. The van der Waals surface area contributed by atoms with Crippen molar-refractivity contribution in [3.05, 3.63) is 11.5 Å². The third-order valence-electron chi connectivity index (χ3n) is 0. The van der Waals surface area contributed by atoms with Crippen molar-refractivity contribution in [2.24, 2.45) is 0 Å². The molecule has 0 bridgehead atoms. The minimum Gasteiger partial charge on any atom is -0.675 e. The van der Waals surface area contributed by atoms with Gasteiger partial charge in [-0.25, -0.2) is 0 Å². The Morgan fingerprint density at radius 1 is 0.778 bits per heavy atom. The van der Waals surface area contributed by atoms with Crippen molar-refractivity contribution in [1.29, 1.82) is 0 Å². The van der Waals surface area contributed by atoms with Crippen LogP contribution in [0.5, 0.6) is 0 Å². The minimum absolute atomic E-state index is 0. The zero-order valence-electron chi connectivity index (χ0n) is 6.56. The molecule has 0 unspecified atom stereocenters. The summed E-state index contributed by atoms with van der Waals surface area (Å²) in [6.45, 7) is 7.33. The Hall–Kier alpha value is 0.608. The Balaban J connectivity index is -0.0000000720. The van der Waals surface area contributed by atoms with Crippen LogP contribution >= 0.6 is 0 Å². The van der Waals surface area contributed by atoms with Gasteiger partial charge in [-0.3, -0.25) is 0 Å². The molecule has 3 heteroatoms. The molecule has 0 aliphatic heterocycles. The summed E-state index contributed by atoms with van der Waals surface area (Å²) >= 11 is 0. The summed E-state index contributed by atoms with van der Waals surface area (Å²) in [4.78, 5) is 0. The van der Waals surface area contributed by atoms with Gasteiger partial charge in [0.15, 0.2) is 0 Å². The van der Waals surface area contributed by atoms with E-state index in [-0.39, 0.29) is 33.1 Å². The van der Waals surface area contributed by atoms with Gasteiger partial charge in [-0.1, -0.05) is 27.7 Å². The summed E-state index contributed by atoms with van der Waals surface area (Å²) in [5.74, 6) is 0. The number of hydrogen-bond donors (Lipinski definition) is 0. The third kappa shape index (κ3) is 1020. The molecular formula is C6H16N2W. The number of hydrogen-bond acceptors (Lipinski definition) is 0. The van der Waals surface area contributed by atoms with E-state index in [1.54, 1.807) is 0 Å². The summed E-state index contributed by atoms with van der Waals surface area (Å²) in [6, 6.07) is 0.167. The Kier molecular flexibility index (Phi) is 20.7. The predicted molar refractivity (Wildman–Crippen MR) is 38.9 cm³/mol. The molecule has 2 nitrogen and oxygen atoms in total. The first-order chi connectivity index (χ1) is 3.46. The molecular weight excluding hydrogens is 284 g/mol. The standard InChI is InChI=1S/2C3H8N.W/c2*1-3(2)4;/h2*3-4H,1-2H3;/q2*-1;+2.